The molecule has 2 rings (SSSR count). The maximum Gasteiger partial charge on any atom is 0.337 e. The Morgan fingerprint density at radius 2 is 2.14 bits per heavy atom. The zero-order chi connectivity index (χ0) is 15.4. The maximum absolute atomic E-state index is 10.9. The number of aromatic carboxylic acids is 1. The number of nitro benzene ring substituents is 1. The molecule has 21 heavy (non-hydrogen) atoms. The minimum atomic E-state index is -1.08. The van der Waals surface area contributed by atoms with Gasteiger partial charge in [-0.1, -0.05) is 11.6 Å². The largest absolute Gasteiger partial charge is 0.480 e. The van der Waals surface area contributed by atoms with E-state index in [4.69, 9.17) is 21.4 Å². The lowest BCUT2D eigenvalue weighted by Gasteiger charge is -2.07. The second-order valence-electron chi connectivity index (χ2n) is 4.00. The van der Waals surface area contributed by atoms with Crippen molar-refractivity contribution in [3.8, 4) is 5.75 Å². The van der Waals surface area contributed by atoms with Crippen LogP contribution in [0.3, 0.4) is 0 Å². The normalized spacial score (nSPS) is 10.1. The molecule has 0 unspecified atom stereocenters. The number of carbonyl (C=O) groups is 1. The Kier molecular flexibility index (Phi) is 4.34. The molecule has 0 saturated carbocycles. The lowest BCUT2D eigenvalue weighted by molar-refractivity contribution is -0.385. The van der Waals surface area contributed by atoms with Gasteiger partial charge in [0.15, 0.2) is 5.75 Å². The first-order valence-electron chi connectivity index (χ1n) is 5.72. The van der Waals surface area contributed by atoms with Gasteiger partial charge in [0.1, 0.15) is 6.61 Å². The Hall–Kier alpha value is -2.67. The van der Waals surface area contributed by atoms with E-state index in [2.05, 4.69) is 4.98 Å². The number of aromatic nitrogens is 1. The molecule has 0 atom stereocenters. The molecule has 0 fully saturated rings. The van der Waals surface area contributed by atoms with E-state index in [1.54, 1.807) is 0 Å². The number of rotatable bonds is 5. The highest BCUT2D eigenvalue weighted by atomic mass is 35.5. The summed E-state index contributed by atoms with van der Waals surface area (Å²) in [6, 6.07) is 6.83. The number of hydrogen-bond acceptors (Lipinski definition) is 5. The highest BCUT2D eigenvalue weighted by Gasteiger charge is 2.15. The van der Waals surface area contributed by atoms with Gasteiger partial charge in [0.2, 0.25) is 0 Å². The van der Waals surface area contributed by atoms with E-state index in [0.29, 0.717) is 10.7 Å². The van der Waals surface area contributed by atoms with Crippen LogP contribution in [0.1, 0.15) is 16.1 Å². The van der Waals surface area contributed by atoms with Gasteiger partial charge in [0.25, 0.3) is 0 Å². The van der Waals surface area contributed by atoms with Crippen molar-refractivity contribution in [3.63, 3.8) is 0 Å². The van der Waals surface area contributed by atoms with E-state index < -0.39 is 10.9 Å². The predicted molar refractivity (Wildman–Crippen MR) is 73.6 cm³/mol. The van der Waals surface area contributed by atoms with Gasteiger partial charge in [0.05, 0.1) is 16.2 Å². The molecule has 0 spiro atoms. The fraction of sp³-hybridized carbons (Fsp3) is 0.0769. The second kappa shape index (κ2) is 6.19. The van der Waals surface area contributed by atoms with Crippen LogP contribution in [-0.4, -0.2) is 21.0 Å². The summed E-state index contributed by atoms with van der Waals surface area (Å²) in [5.74, 6) is -1.06. The molecule has 2 aromatic rings. The van der Waals surface area contributed by atoms with Gasteiger partial charge in [-0.05, 0) is 18.2 Å². The number of nitrogens with zero attached hydrogens (tertiary/aromatic N) is 2. The predicted octanol–water partition coefficient (Wildman–Crippen LogP) is 2.92. The average Bonchev–Trinajstić information content (AvgIpc) is 2.45. The zero-order valence-electron chi connectivity index (χ0n) is 10.5. The van der Waals surface area contributed by atoms with Crippen molar-refractivity contribution in [2.45, 2.75) is 6.61 Å². The molecule has 1 heterocycles. The summed E-state index contributed by atoms with van der Waals surface area (Å²) in [5, 5.41) is 19.9. The molecule has 0 radical (unpaired) electrons. The molecule has 7 nitrogen and oxygen atoms in total. The standard InChI is InChI=1S/C13H9ClN2O5/c14-9-2-4-11(16(19)20)12(5-9)21-7-10-3-1-8(6-15-10)13(17)18/h1-6H,7H2,(H,17,18). The van der Waals surface area contributed by atoms with Crippen LogP contribution in [0, 0.1) is 10.1 Å². The van der Waals surface area contributed by atoms with Crippen LogP contribution >= 0.6 is 11.6 Å². The molecule has 108 valence electrons. The Bertz CT molecular complexity index is 687. The zero-order valence-corrected chi connectivity index (χ0v) is 11.3. The lowest BCUT2D eigenvalue weighted by atomic mass is 10.2. The number of pyridine rings is 1. The summed E-state index contributed by atoms with van der Waals surface area (Å²) in [6.45, 7) is -0.0406. The van der Waals surface area contributed by atoms with Gasteiger partial charge in [-0.25, -0.2) is 4.79 Å². The molecule has 0 bridgehead atoms. The van der Waals surface area contributed by atoms with E-state index >= 15 is 0 Å². The van der Waals surface area contributed by atoms with E-state index in [1.165, 1.54) is 36.5 Å². The summed E-state index contributed by atoms with van der Waals surface area (Å²) < 4.78 is 5.33. The Labute approximate surface area is 123 Å². The van der Waals surface area contributed by atoms with Gasteiger partial charge >= 0.3 is 11.7 Å². The van der Waals surface area contributed by atoms with Crippen LogP contribution < -0.4 is 4.74 Å². The van der Waals surface area contributed by atoms with Crippen LogP contribution in [0.5, 0.6) is 5.75 Å². The third-order valence-corrected chi connectivity index (χ3v) is 2.80. The summed E-state index contributed by atoms with van der Waals surface area (Å²) in [5.41, 5.74) is 0.281. The van der Waals surface area contributed by atoms with Gasteiger partial charge in [-0.3, -0.25) is 15.1 Å². The number of carboxylic acids is 1. The minimum Gasteiger partial charge on any atom is -0.480 e. The van der Waals surface area contributed by atoms with Crippen molar-refractivity contribution in [3.05, 3.63) is 62.9 Å². The molecular weight excluding hydrogens is 300 g/mol. The van der Waals surface area contributed by atoms with Crippen molar-refractivity contribution < 1.29 is 19.6 Å². The first kappa shape index (κ1) is 14.7. The van der Waals surface area contributed by atoms with Crippen molar-refractivity contribution in [2.24, 2.45) is 0 Å². The number of nitro groups is 1. The molecule has 1 aromatic carbocycles. The van der Waals surface area contributed by atoms with Gasteiger partial charge in [-0.15, -0.1) is 0 Å². The number of halogens is 1. The number of hydrogen-bond donors (Lipinski definition) is 1. The number of ether oxygens (including phenoxy) is 1. The van der Waals surface area contributed by atoms with Gasteiger partial charge in [-0.2, -0.15) is 0 Å². The Morgan fingerprint density at radius 1 is 1.38 bits per heavy atom. The van der Waals surface area contributed by atoms with Gasteiger partial charge < -0.3 is 9.84 Å². The Morgan fingerprint density at radius 3 is 2.71 bits per heavy atom. The lowest BCUT2D eigenvalue weighted by Crippen LogP contribution is -2.03. The van der Waals surface area contributed by atoms with Gasteiger partial charge in [0, 0.05) is 23.4 Å². The molecule has 0 amide bonds. The number of carboxylic acid groups (broad SMARTS) is 1. The first-order chi connectivity index (χ1) is 9.97. The molecule has 0 aliphatic rings. The summed E-state index contributed by atoms with van der Waals surface area (Å²) in [6.07, 6.45) is 1.19. The summed E-state index contributed by atoms with van der Waals surface area (Å²) in [4.78, 5) is 24.9. The van der Waals surface area contributed by atoms with Crippen LogP contribution in [-0.2, 0) is 6.61 Å². The van der Waals surface area contributed by atoms with Crippen LogP contribution in [0.15, 0.2) is 36.5 Å². The monoisotopic (exact) mass is 308 g/mol. The van der Waals surface area contributed by atoms with Crippen LogP contribution in [0.4, 0.5) is 5.69 Å². The minimum absolute atomic E-state index is 0.0246. The van der Waals surface area contributed by atoms with Crippen LogP contribution in [0.2, 0.25) is 5.02 Å². The van der Waals surface area contributed by atoms with Crippen molar-refractivity contribution in [1.29, 1.82) is 0 Å². The molecule has 0 aliphatic heterocycles. The molecule has 8 heteroatoms. The van der Waals surface area contributed by atoms with E-state index in [0.717, 1.165) is 0 Å². The third kappa shape index (κ3) is 3.67. The van der Waals surface area contributed by atoms with E-state index in [-0.39, 0.29) is 23.6 Å². The summed E-state index contributed by atoms with van der Waals surface area (Å²) in [7, 11) is 0. The third-order valence-electron chi connectivity index (χ3n) is 2.57. The molecule has 0 aliphatic carbocycles. The quantitative estimate of drug-likeness (QED) is 0.673. The van der Waals surface area contributed by atoms with E-state index in [1.807, 2.05) is 0 Å². The maximum atomic E-state index is 10.9. The van der Waals surface area contributed by atoms with Crippen molar-refractivity contribution >= 4 is 23.3 Å². The average molecular weight is 309 g/mol. The fourth-order valence-electron chi connectivity index (χ4n) is 1.54. The SMILES string of the molecule is O=C(O)c1ccc(COc2cc(Cl)ccc2[N+](=O)[O-])nc1. The molecule has 1 aromatic heterocycles. The summed E-state index contributed by atoms with van der Waals surface area (Å²) >= 11 is 5.78. The Balaban J connectivity index is 2.14. The smallest absolute Gasteiger partial charge is 0.337 e. The highest BCUT2D eigenvalue weighted by Crippen LogP contribution is 2.30. The molecule has 0 saturated heterocycles. The van der Waals surface area contributed by atoms with Crippen LogP contribution in [0.25, 0.3) is 0 Å². The van der Waals surface area contributed by atoms with Crippen molar-refractivity contribution in [2.75, 3.05) is 0 Å². The van der Waals surface area contributed by atoms with E-state index in [9.17, 15) is 14.9 Å². The van der Waals surface area contributed by atoms with Crippen molar-refractivity contribution in [1.82, 2.24) is 4.98 Å². The fourth-order valence-corrected chi connectivity index (χ4v) is 1.70. The number of benzene rings is 1. The molecular formula is C13H9ClN2O5. The second-order valence-corrected chi connectivity index (χ2v) is 4.44. The molecule has 1 N–H and O–H groups in total. The first-order valence-corrected chi connectivity index (χ1v) is 6.10. The topological polar surface area (TPSA) is 103 Å². The highest BCUT2D eigenvalue weighted by molar-refractivity contribution is 6.30.